The Bertz CT molecular complexity index is 806. The Morgan fingerprint density at radius 1 is 1.21 bits per heavy atom. The Balaban J connectivity index is 2.16. The largest absolute Gasteiger partial charge is 0.325 e. The van der Waals surface area contributed by atoms with Crippen LogP contribution < -0.4 is 5.32 Å². The number of hydrogen-bond acceptors (Lipinski definition) is 3. The molecule has 1 aliphatic heterocycles. The smallest absolute Gasteiger partial charge is 0.228 e. The highest BCUT2D eigenvalue weighted by Gasteiger charge is 2.21. The van der Waals surface area contributed by atoms with Gasteiger partial charge in [-0.25, -0.2) is 9.50 Å². The summed E-state index contributed by atoms with van der Waals surface area (Å²) in [5, 5.41) is 7.23. The van der Waals surface area contributed by atoms with E-state index in [4.69, 9.17) is 0 Å². The number of benzene rings is 1. The molecular weight excluding hydrogens is 240 g/mol. The molecule has 5 nitrogen and oxygen atoms in total. The van der Waals surface area contributed by atoms with E-state index in [-0.39, 0.29) is 5.91 Å². The number of carbonyl (C=O) groups is 1. The van der Waals surface area contributed by atoms with Gasteiger partial charge in [0.2, 0.25) is 5.91 Å². The van der Waals surface area contributed by atoms with Crippen LogP contribution in [0.4, 0.5) is 5.69 Å². The molecule has 0 unspecified atom stereocenters. The Kier molecular flexibility index (Phi) is 1.97. The van der Waals surface area contributed by atoms with E-state index in [0.29, 0.717) is 6.42 Å². The summed E-state index contributed by atoms with van der Waals surface area (Å²) in [5.41, 5.74) is 4.39. The van der Waals surface area contributed by atoms with E-state index in [0.717, 1.165) is 28.2 Å². The maximum absolute atomic E-state index is 11.9. The van der Waals surface area contributed by atoms with Crippen LogP contribution in [0.15, 0.2) is 42.7 Å². The third-order valence-corrected chi connectivity index (χ3v) is 3.30. The first-order valence-corrected chi connectivity index (χ1v) is 6.04. The third kappa shape index (κ3) is 1.45. The number of nitrogens with zero attached hydrogens (tertiary/aromatic N) is 3. The average molecular weight is 250 g/mol. The van der Waals surface area contributed by atoms with Crippen LogP contribution in [0.25, 0.3) is 16.9 Å². The summed E-state index contributed by atoms with van der Waals surface area (Å²) >= 11 is 0. The molecule has 3 aromatic rings. The molecule has 0 fully saturated rings. The van der Waals surface area contributed by atoms with Crippen molar-refractivity contribution in [2.45, 2.75) is 6.42 Å². The Morgan fingerprint density at radius 2 is 2.11 bits per heavy atom. The third-order valence-electron chi connectivity index (χ3n) is 3.30. The summed E-state index contributed by atoms with van der Waals surface area (Å²) in [6.45, 7) is 0. The molecule has 92 valence electrons. The standard InChI is InChI=1S/C14H10N4O/c19-13-7-9-8-15-12-5-6-16-18(12)14(9)10-3-1-2-4-11(10)17-13/h1-6,8H,7H2,(H,17,19). The van der Waals surface area contributed by atoms with E-state index in [2.05, 4.69) is 15.4 Å². The van der Waals surface area contributed by atoms with Gasteiger partial charge < -0.3 is 5.32 Å². The fraction of sp³-hybridized carbons (Fsp3) is 0.0714. The molecule has 0 saturated carbocycles. The number of hydrogen-bond donors (Lipinski definition) is 1. The Labute approximate surface area is 108 Å². The molecular formula is C14H10N4O. The van der Waals surface area contributed by atoms with Crippen LogP contribution in [0, 0.1) is 0 Å². The van der Waals surface area contributed by atoms with Crippen LogP contribution in [0.2, 0.25) is 0 Å². The lowest BCUT2D eigenvalue weighted by Gasteiger charge is -2.09. The number of nitrogens with one attached hydrogen (secondary N) is 1. The molecule has 1 amide bonds. The zero-order chi connectivity index (χ0) is 12.8. The lowest BCUT2D eigenvalue weighted by Crippen LogP contribution is -2.12. The number of anilines is 1. The predicted octanol–water partition coefficient (Wildman–Crippen LogP) is 1.89. The van der Waals surface area contributed by atoms with Gasteiger partial charge in [0.25, 0.3) is 0 Å². The maximum atomic E-state index is 11.9. The van der Waals surface area contributed by atoms with Gasteiger partial charge >= 0.3 is 0 Å². The van der Waals surface area contributed by atoms with E-state index >= 15 is 0 Å². The van der Waals surface area contributed by atoms with Gasteiger partial charge in [-0.2, -0.15) is 5.10 Å². The highest BCUT2D eigenvalue weighted by molar-refractivity contribution is 6.00. The molecule has 0 saturated heterocycles. The second kappa shape index (κ2) is 3.65. The van der Waals surface area contributed by atoms with Crippen molar-refractivity contribution in [3.63, 3.8) is 0 Å². The van der Waals surface area contributed by atoms with Crippen LogP contribution >= 0.6 is 0 Å². The Morgan fingerprint density at radius 3 is 3.05 bits per heavy atom. The SMILES string of the molecule is O=C1Cc2cnc3ccnn3c2-c2ccccc2N1. The second-order valence-corrected chi connectivity index (χ2v) is 4.50. The Hall–Kier alpha value is -2.69. The first kappa shape index (κ1) is 10.3. The van der Waals surface area contributed by atoms with Crippen LogP contribution in [0.3, 0.4) is 0 Å². The van der Waals surface area contributed by atoms with Crippen LogP contribution in [0.5, 0.6) is 0 Å². The van der Waals surface area contributed by atoms with Gasteiger partial charge in [-0.1, -0.05) is 18.2 Å². The molecule has 4 rings (SSSR count). The molecule has 1 aliphatic rings. The maximum Gasteiger partial charge on any atom is 0.228 e. The normalized spacial score (nSPS) is 13.6. The quantitative estimate of drug-likeness (QED) is 0.662. The van der Waals surface area contributed by atoms with Crippen molar-refractivity contribution in [2.75, 3.05) is 5.32 Å². The minimum Gasteiger partial charge on any atom is -0.325 e. The molecule has 0 bridgehead atoms. The predicted molar refractivity (Wildman–Crippen MR) is 70.8 cm³/mol. The first-order valence-electron chi connectivity index (χ1n) is 6.04. The molecule has 5 heteroatoms. The van der Waals surface area contributed by atoms with Gasteiger partial charge in [0, 0.05) is 23.4 Å². The number of fused-ring (bicyclic) bond motifs is 5. The number of aromatic nitrogens is 3. The highest BCUT2D eigenvalue weighted by Crippen LogP contribution is 2.33. The van der Waals surface area contributed by atoms with Crippen molar-refractivity contribution in [3.05, 3.63) is 48.3 Å². The van der Waals surface area contributed by atoms with E-state index < -0.39 is 0 Å². The van der Waals surface area contributed by atoms with Crippen molar-refractivity contribution in [1.29, 1.82) is 0 Å². The fourth-order valence-corrected chi connectivity index (χ4v) is 2.49. The lowest BCUT2D eigenvalue weighted by atomic mass is 10.1. The van der Waals surface area contributed by atoms with Crippen molar-refractivity contribution < 1.29 is 4.79 Å². The average Bonchev–Trinajstić information content (AvgIpc) is 2.82. The van der Waals surface area contributed by atoms with Crippen LogP contribution in [-0.2, 0) is 11.2 Å². The molecule has 0 atom stereocenters. The van der Waals surface area contributed by atoms with E-state index in [1.807, 2.05) is 30.3 Å². The molecule has 0 radical (unpaired) electrons. The zero-order valence-electron chi connectivity index (χ0n) is 10.00. The molecule has 2 aromatic heterocycles. The lowest BCUT2D eigenvalue weighted by molar-refractivity contribution is -0.115. The number of para-hydroxylation sites is 1. The molecule has 0 aliphatic carbocycles. The summed E-state index contributed by atoms with van der Waals surface area (Å²) in [5.74, 6) is -0.0282. The summed E-state index contributed by atoms with van der Waals surface area (Å²) < 4.78 is 1.79. The van der Waals surface area contributed by atoms with E-state index in [1.165, 1.54) is 0 Å². The highest BCUT2D eigenvalue weighted by atomic mass is 16.1. The first-order chi connectivity index (χ1) is 9.33. The minimum absolute atomic E-state index is 0.0282. The van der Waals surface area contributed by atoms with Crippen molar-refractivity contribution in [3.8, 4) is 11.3 Å². The number of amides is 1. The van der Waals surface area contributed by atoms with Crippen LogP contribution in [0.1, 0.15) is 5.56 Å². The summed E-state index contributed by atoms with van der Waals surface area (Å²) in [4.78, 5) is 16.2. The number of carbonyl (C=O) groups excluding carboxylic acids is 1. The number of rotatable bonds is 0. The molecule has 19 heavy (non-hydrogen) atoms. The monoisotopic (exact) mass is 250 g/mol. The van der Waals surface area contributed by atoms with Crippen molar-refractivity contribution >= 4 is 17.2 Å². The molecule has 3 heterocycles. The molecule has 1 aromatic carbocycles. The van der Waals surface area contributed by atoms with Gasteiger partial charge in [-0.05, 0) is 6.07 Å². The van der Waals surface area contributed by atoms with E-state index in [9.17, 15) is 4.79 Å². The summed E-state index contributed by atoms with van der Waals surface area (Å²) in [7, 11) is 0. The van der Waals surface area contributed by atoms with Crippen LogP contribution in [-0.4, -0.2) is 20.5 Å². The van der Waals surface area contributed by atoms with Gasteiger partial charge in [0.1, 0.15) is 0 Å². The van der Waals surface area contributed by atoms with Crippen molar-refractivity contribution in [1.82, 2.24) is 14.6 Å². The summed E-state index contributed by atoms with van der Waals surface area (Å²) in [6.07, 6.45) is 3.78. The molecule has 1 N–H and O–H groups in total. The van der Waals surface area contributed by atoms with Gasteiger partial charge in [0.15, 0.2) is 5.65 Å². The van der Waals surface area contributed by atoms with Gasteiger partial charge in [-0.3, -0.25) is 4.79 Å². The second-order valence-electron chi connectivity index (χ2n) is 4.50. The topological polar surface area (TPSA) is 59.3 Å². The van der Waals surface area contributed by atoms with Crippen molar-refractivity contribution in [2.24, 2.45) is 0 Å². The van der Waals surface area contributed by atoms with E-state index in [1.54, 1.807) is 16.9 Å². The minimum atomic E-state index is -0.0282. The molecule has 0 spiro atoms. The van der Waals surface area contributed by atoms with Gasteiger partial charge in [-0.15, -0.1) is 0 Å². The van der Waals surface area contributed by atoms with Gasteiger partial charge in [0.05, 0.1) is 24.0 Å². The zero-order valence-corrected chi connectivity index (χ0v) is 10.00. The fourth-order valence-electron chi connectivity index (χ4n) is 2.49. The summed E-state index contributed by atoms with van der Waals surface area (Å²) in [6, 6.07) is 9.60.